The highest BCUT2D eigenvalue weighted by Gasteiger charge is 2.46. The van der Waals surface area contributed by atoms with Crippen LogP contribution in [-0.2, 0) is 10.5 Å². The van der Waals surface area contributed by atoms with Crippen LogP contribution in [0.5, 0.6) is 0 Å². The summed E-state index contributed by atoms with van der Waals surface area (Å²) in [6, 6.07) is 6.38. The maximum Gasteiger partial charge on any atom is 0.195 e. The number of aromatic nitrogens is 1. The smallest absolute Gasteiger partial charge is 0.195 e. The number of halogens is 4. The quantitative estimate of drug-likeness (QED) is 0.641. The fraction of sp³-hybridized carbons (Fsp3) is 0.368. The van der Waals surface area contributed by atoms with Gasteiger partial charge in [-0.2, -0.15) is 0 Å². The van der Waals surface area contributed by atoms with Crippen LogP contribution in [-0.4, -0.2) is 15.9 Å². The highest BCUT2D eigenvalue weighted by atomic mass is 35.5. The van der Waals surface area contributed by atoms with E-state index in [9.17, 15) is 9.90 Å². The Morgan fingerprint density at radius 2 is 2.08 bits per heavy atom. The van der Waals surface area contributed by atoms with Gasteiger partial charge in [0.25, 0.3) is 0 Å². The lowest BCUT2D eigenvalue weighted by Gasteiger charge is -2.33. The molecule has 0 radical (unpaired) electrons. The van der Waals surface area contributed by atoms with Gasteiger partial charge < -0.3 is 5.11 Å². The van der Waals surface area contributed by atoms with Crippen LogP contribution in [0.1, 0.15) is 55.0 Å². The summed E-state index contributed by atoms with van der Waals surface area (Å²) < 4.78 is 15.7. The molecule has 3 atom stereocenters. The van der Waals surface area contributed by atoms with Gasteiger partial charge in [-0.3, -0.25) is 9.78 Å². The average Bonchev–Trinajstić information content (AvgIpc) is 2.63. The Morgan fingerprint density at radius 3 is 2.81 bits per heavy atom. The number of hydrogen-bond donors (Lipinski definition) is 1. The van der Waals surface area contributed by atoms with Gasteiger partial charge in [-0.1, -0.05) is 53.9 Å². The average molecular weight is 417 g/mol. The van der Waals surface area contributed by atoms with E-state index in [0.29, 0.717) is 10.6 Å². The number of Topliss-reactive ketones (excluding diaryl/α,β-unsaturated/α-hetero) is 1. The maximum absolute atomic E-state index is 15.7. The van der Waals surface area contributed by atoms with E-state index in [1.165, 1.54) is 12.3 Å². The largest absolute Gasteiger partial charge is 0.387 e. The third-order valence-corrected chi connectivity index (χ3v) is 6.18. The lowest BCUT2D eigenvalue weighted by molar-refractivity contribution is -0.133. The van der Waals surface area contributed by atoms with Crippen LogP contribution < -0.4 is 0 Å². The molecule has 0 spiro atoms. The summed E-state index contributed by atoms with van der Waals surface area (Å²) in [6.07, 6.45) is 0.640. The minimum Gasteiger partial charge on any atom is -0.387 e. The molecule has 2 aromatic rings. The molecule has 1 heterocycles. The van der Waals surface area contributed by atoms with E-state index in [4.69, 9.17) is 34.8 Å². The Kier molecular flexibility index (Phi) is 5.59. The van der Waals surface area contributed by atoms with Crippen molar-refractivity contribution in [1.29, 1.82) is 0 Å². The van der Waals surface area contributed by atoms with E-state index in [1.54, 1.807) is 25.1 Å². The van der Waals surface area contributed by atoms with Gasteiger partial charge in [-0.15, -0.1) is 0 Å². The van der Waals surface area contributed by atoms with Gasteiger partial charge in [0.15, 0.2) is 11.5 Å². The molecule has 0 amide bonds. The molecular formula is C19H17Cl3FNO2. The zero-order chi connectivity index (χ0) is 19.1. The van der Waals surface area contributed by atoms with Crippen LogP contribution in [0.15, 0.2) is 30.5 Å². The van der Waals surface area contributed by atoms with Crippen molar-refractivity contribution in [2.75, 3.05) is 0 Å². The monoisotopic (exact) mass is 415 g/mol. The number of aliphatic hydroxyl groups is 1. The number of benzene rings is 1. The van der Waals surface area contributed by atoms with Crippen LogP contribution in [0.4, 0.5) is 4.39 Å². The first-order chi connectivity index (χ1) is 12.3. The number of fused-ring (bicyclic) bond motifs is 1. The van der Waals surface area contributed by atoms with Crippen LogP contribution >= 0.6 is 34.8 Å². The van der Waals surface area contributed by atoms with Crippen molar-refractivity contribution in [2.24, 2.45) is 0 Å². The van der Waals surface area contributed by atoms with E-state index < -0.39 is 17.6 Å². The molecule has 138 valence electrons. The summed E-state index contributed by atoms with van der Waals surface area (Å²) in [5.41, 5.74) is -1.15. The summed E-state index contributed by atoms with van der Waals surface area (Å²) in [4.78, 5) is 16.9. The van der Waals surface area contributed by atoms with Crippen LogP contribution in [0.25, 0.3) is 0 Å². The van der Waals surface area contributed by atoms with Gasteiger partial charge in [0.2, 0.25) is 0 Å². The van der Waals surface area contributed by atoms with Crippen LogP contribution in [0, 0.1) is 0 Å². The number of rotatable bonds is 4. The van der Waals surface area contributed by atoms with Crippen molar-refractivity contribution in [2.45, 2.75) is 43.9 Å². The summed E-state index contributed by atoms with van der Waals surface area (Å²) >= 11 is 18.2. The highest BCUT2D eigenvalue weighted by Crippen LogP contribution is 2.45. The zero-order valence-electron chi connectivity index (χ0n) is 14.0. The number of nitrogens with zero attached hydrogens (tertiary/aromatic N) is 1. The molecule has 0 saturated heterocycles. The number of ketones is 1. The highest BCUT2D eigenvalue weighted by molar-refractivity contribution is 6.48. The molecule has 0 aliphatic heterocycles. The van der Waals surface area contributed by atoms with Crippen molar-refractivity contribution in [3.8, 4) is 0 Å². The Bertz CT molecular complexity index is 861. The second-order valence-electron chi connectivity index (χ2n) is 6.58. The van der Waals surface area contributed by atoms with Gasteiger partial charge in [0, 0.05) is 18.2 Å². The normalized spacial score (nSPS) is 23.4. The molecule has 7 heteroatoms. The molecule has 1 aromatic heterocycles. The number of pyridine rings is 1. The molecular weight excluding hydrogens is 400 g/mol. The van der Waals surface area contributed by atoms with Gasteiger partial charge in [-0.25, -0.2) is 4.39 Å². The van der Waals surface area contributed by atoms with Crippen molar-refractivity contribution >= 4 is 40.6 Å². The fourth-order valence-corrected chi connectivity index (χ4v) is 4.12. The van der Waals surface area contributed by atoms with Gasteiger partial charge in [0.05, 0.1) is 26.9 Å². The third kappa shape index (κ3) is 3.36. The van der Waals surface area contributed by atoms with E-state index >= 15 is 4.39 Å². The molecule has 1 aliphatic carbocycles. The van der Waals surface area contributed by atoms with Crippen molar-refractivity contribution in [3.63, 3.8) is 0 Å². The molecule has 0 saturated carbocycles. The van der Waals surface area contributed by atoms with Crippen molar-refractivity contribution in [3.05, 3.63) is 62.4 Å². The molecule has 0 fully saturated rings. The number of carbonyl (C=O) groups excluding carboxylic acids is 1. The Labute approximate surface area is 166 Å². The number of alkyl halides is 1. The minimum atomic E-state index is -2.17. The van der Waals surface area contributed by atoms with Gasteiger partial charge >= 0.3 is 0 Å². The topological polar surface area (TPSA) is 50.2 Å². The van der Waals surface area contributed by atoms with Crippen LogP contribution in [0.3, 0.4) is 0 Å². The molecule has 1 aromatic carbocycles. The summed E-state index contributed by atoms with van der Waals surface area (Å²) in [7, 11) is 0. The zero-order valence-corrected chi connectivity index (χ0v) is 16.2. The maximum atomic E-state index is 15.7. The molecule has 3 nitrogen and oxygen atoms in total. The Hall–Kier alpha value is -1.20. The molecule has 26 heavy (non-hydrogen) atoms. The Balaban J connectivity index is 1.89. The molecule has 0 bridgehead atoms. The molecule has 1 aliphatic rings. The van der Waals surface area contributed by atoms with Crippen molar-refractivity contribution in [1.82, 2.24) is 4.98 Å². The minimum absolute atomic E-state index is 0.0569. The molecule has 3 rings (SSSR count). The number of carbonyl (C=O) groups is 1. The lowest BCUT2D eigenvalue weighted by atomic mass is 9.76. The molecule has 1 N–H and O–H groups in total. The second-order valence-corrected chi connectivity index (χ2v) is 7.75. The standard InChI is InChI=1S/C19H17Cl3FNO2/c1-10(11-4-5-13(20)17(22)16(11)21)9-15(26)19(23)7-6-14(25)18-12(19)3-2-8-24-18/h2-5,8,10,14,25H,6-7,9H2,1H3/t10-,14+,19+/m1/s1. The van der Waals surface area contributed by atoms with E-state index in [0.717, 1.165) is 0 Å². The molecule has 0 unspecified atom stereocenters. The van der Waals surface area contributed by atoms with Crippen molar-refractivity contribution < 1.29 is 14.3 Å². The first kappa shape index (κ1) is 19.6. The first-order valence-corrected chi connectivity index (χ1v) is 9.38. The van der Waals surface area contributed by atoms with Crippen LogP contribution in [0.2, 0.25) is 15.1 Å². The number of aliphatic hydroxyl groups excluding tert-OH is 1. The lowest BCUT2D eigenvalue weighted by Crippen LogP contribution is -2.37. The summed E-state index contributed by atoms with van der Waals surface area (Å²) in [5.74, 6) is -0.905. The summed E-state index contributed by atoms with van der Waals surface area (Å²) in [5, 5.41) is 10.9. The van der Waals surface area contributed by atoms with E-state index in [1.807, 2.05) is 0 Å². The van der Waals surface area contributed by atoms with E-state index in [2.05, 4.69) is 4.98 Å². The second kappa shape index (κ2) is 7.43. The SMILES string of the molecule is C[C@H](CC(=O)[C@]1(F)CC[C@H](O)c2ncccc21)c1ccc(Cl)c(Cl)c1Cl. The van der Waals surface area contributed by atoms with Gasteiger partial charge in [-0.05, 0) is 36.5 Å². The predicted octanol–water partition coefficient (Wildman–Crippen LogP) is 5.80. The van der Waals surface area contributed by atoms with Gasteiger partial charge in [0.1, 0.15) is 0 Å². The fourth-order valence-electron chi connectivity index (χ4n) is 3.39. The first-order valence-electron chi connectivity index (χ1n) is 8.24. The number of hydrogen-bond acceptors (Lipinski definition) is 3. The summed E-state index contributed by atoms with van der Waals surface area (Å²) in [6.45, 7) is 1.79. The predicted molar refractivity (Wildman–Crippen MR) is 101 cm³/mol. The third-order valence-electron chi connectivity index (χ3n) is 4.87. The van der Waals surface area contributed by atoms with E-state index in [-0.39, 0.29) is 46.5 Å². The Morgan fingerprint density at radius 1 is 1.35 bits per heavy atom.